The lowest BCUT2D eigenvalue weighted by molar-refractivity contribution is -0.709. The third-order valence-electron chi connectivity index (χ3n) is 4.89. The number of nitrogens with zero attached hydrogens (tertiary/aromatic N) is 2. The van der Waals surface area contributed by atoms with Gasteiger partial charge < -0.3 is 9.67 Å². The van der Waals surface area contributed by atoms with E-state index in [9.17, 15) is 5.11 Å². The van der Waals surface area contributed by atoms with Crippen LogP contribution >= 0.6 is 0 Å². The van der Waals surface area contributed by atoms with Gasteiger partial charge in [0, 0.05) is 40.9 Å². The van der Waals surface area contributed by atoms with E-state index in [-0.39, 0.29) is 0 Å². The SMILES string of the molecule is Cc1cc[n+](C[C@@H](O)Cn2c3ccccc3c3ccccc32)c(C)c1. The minimum absolute atomic E-state index is 0.453. The largest absolute Gasteiger partial charge is 0.385 e. The molecular formula is C22H23N2O+. The Bertz CT molecular complexity index is 995. The molecule has 0 aliphatic heterocycles. The van der Waals surface area contributed by atoms with E-state index in [0.29, 0.717) is 13.1 Å². The van der Waals surface area contributed by atoms with Crippen LogP contribution in [0.25, 0.3) is 21.8 Å². The van der Waals surface area contributed by atoms with Gasteiger partial charge in [-0.25, -0.2) is 0 Å². The number of fused-ring (bicyclic) bond motifs is 3. The average Bonchev–Trinajstić information content (AvgIpc) is 2.92. The van der Waals surface area contributed by atoms with E-state index in [1.54, 1.807) is 0 Å². The molecule has 0 aliphatic rings. The van der Waals surface area contributed by atoms with E-state index in [1.807, 2.05) is 0 Å². The number of aryl methyl sites for hydroxylation is 2. The van der Waals surface area contributed by atoms with Crippen molar-refractivity contribution in [2.75, 3.05) is 0 Å². The highest BCUT2D eigenvalue weighted by molar-refractivity contribution is 6.07. The third-order valence-corrected chi connectivity index (χ3v) is 4.89. The highest BCUT2D eigenvalue weighted by Gasteiger charge is 2.17. The number of hydrogen-bond acceptors (Lipinski definition) is 1. The van der Waals surface area contributed by atoms with Crippen molar-refractivity contribution < 1.29 is 9.67 Å². The summed E-state index contributed by atoms with van der Waals surface area (Å²) in [6, 6.07) is 21.1. The van der Waals surface area contributed by atoms with Crippen LogP contribution < -0.4 is 4.57 Å². The number of aliphatic hydroxyl groups excluding tert-OH is 1. The number of aliphatic hydroxyl groups is 1. The van der Waals surface area contributed by atoms with Crippen LogP contribution in [0, 0.1) is 13.8 Å². The first-order valence-corrected chi connectivity index (χ1v) is 8.74. The topological polar surface area (TPSA) is 29.0 Å². The molecule has 0 saturated heterocycles. The summed E-state index contributed by atoms with van der Waals surface area (Å²) in [5, 5.41) is 13.2. The molecule has 4 rings (SSSR count). The van der Waals surface area contributed by atoms with Gasteiger partial charge in [0.05, 0.1) is 6.54 Å². The van der Waals surface area contributed by atoms with Crippen molar-refractivity contribution in [2.24, 2.45) is 0 Å². The molecule has 25 heavy (non-hydrogen) atoms. The number of benzene rings is 2. The molecule has 2 aromatic heterocycles. The van der Waals surface area contributed by atoms with Crippen LogP contribution in [0.2, 0.25) is 0 Å². The summed E-state index contributed by atoms with van der Waals surface area (Å²) >= 11 is 0. The number of aromatic nitrogens is 2. The molecule has 0 radical (unpaired) electrons. The molecule has 0 fully saturated rings. The fraction of sp³-hybridized carbons (Fsp3) is 0.227. The summed E-state index contributed by atoms with van der Waals surface area (Å²) in [6.45, 7) is 5.34. The Hall–Kier alpha value is -2.65. The first-order chi connectivity index (χ1) is 12.1. The number of hydrogen-bond donors (Lipinski definition) is 1. The van der Waals surface area contributed by atoms with Crippen LogP contribution in [-0.4, -0.2) is 15.8 Å². The summed E-state index contributed by atoms with van der Waals surface area (Å²) in [7, 11) is 0. The second-order valence-electron chi connectivity index (χ2n) is 6.80. The highest BCUT2D eigenvalue weighted by Crippen LogP contribution is 2.28. The first kappa shape index (κ1) is 15.9. The Balaban J connectivity index is 1.69. The van der Waals surface area contributed by atoms with Crippen molar-refractivity contribution in [2.45, 2.75) is 33.0 Å². The van der Waals surface area contributed by atoms with Gasteiger partial charge >= 0.3 is 0 Å². The smallest absolute Gasteiger partial charge is 0.178 e. The number of pyridine rings is 1. The van der Waals surface area contributed by atoms with E-state index >= 15 is 0 Å². The maximum Gasteiger partial charge on any atom is 0.178 e. The average molecular weight is 331 g/mol. The zero-order valence-corrected chi connectivity index (χ0v) is 14.7. The molecule has 2 heterocycles. The molecule has 0 spiro atoms. The lowest BCUT2D eigenvalue weighted by atomic mass is 10.2. The van der Waals surface area contributed by atoms with Crippen molar-refractivity contribution in [3.63, 3.8) is 0 Å². The Morgan fingerprint density at radius 3 is 2.12 bits per heavy atom. The monoisotopic (exact) mass is 331 g/mol. The van der Waals surface area contributed by atoms with Crippen molar-refractivity contribution in [1.29, 1.82) is 0 Å². The zero-order valence-electron chi connectivity index (χ0n) is 14.7. The Labute approximate surface area is 147 Å². The van der Waals surface area contributed by atoms with E-state index in [2.05, 4.69) is 89.8 Å². The maximum atomic E-state index is 10.7. The van der Waals surface area contributed by atoms with E-state index < -0.39 is 6.10 Å². The molecule has 2 aromatic carbocycles. The normalized spacial score (nSPS) is 12.8. The van der Waals surface area contributed by atoms with Crippen molar-refractivity contribution in [1.82, 2.24) is 4.57 Å². The molecule has 0 bridgehead atoms. The van der Waals surface area contributed by atoms with E-state index in [1.165, 1.54) is 33.1 Å². The quantitative estimate of drug-likeness (QED) is 0.567. The van der Waals surface area contributed by atoms with Gasteiger partial charge in [0.2, 0.25) is 0 Å². The van der Waals surface area contributed by atoms with Crippen molar-refractivity contribution >= 4 is 21.8 Å². The zero-order chi connectivity index (χ0) is 17.4. The Morgan fingerprint density at radius 1 is 0.920 bits per heavy atom. The van der Waals surface area contributed by atoms with Crippen LogP contribution in [0.5, 0.6) is 0 Å². The van der Waals surface area contributed by atoms with Crippen LogP contribution in [0.3, 0.4) is 0 Å². The summed E-state index contributed by atoms with van der Waals surface area (Å²) in [6.07, 6.45) is 1.60. The molecule has 1 N–H and O–H groups in total. The fourth-order valence-electron chi connectivity index (χ4n) is 3.69. The fourth-order valence-corrected chi connectivity index (χ4v) is 3.69. The summed E-state index contributed by atoms with van der Waals surface area (Å²) < 4.78 is 4.35. The summed E-state index contributed by atoms with van der Waals surface area (Å²) in [4.78, 5) is 0. The van der Waals surface area contributed by atoms with Crippen LogP contribution in [0.1, 0.15) is 11.3 Å². The molecule has 0 saturated carbocycles. The molecule has 3 nitrogen and oxygen atoms in total. The molecule has 0 aliphatic carbocycles. The highest BCUT2D eigenvalue weighted by atomic mass is 16.3. The first-order valence-electron chi connectivity index (χ1n) is 8.74. The lowest BCUT2D eigenvalue weighted by Gasteiger charge is -2.12. The molecule has 4 aromatic rings. The maximum absolute atomic E-state index is 10.7. The van der Waals surface area contributed by atoms with Gasteiger partial charge in [0.1, 0.15) is 6.10 Å². The predicted molar refractivity (Wildman–Crippen MR) is 102 cm³/mol. The van der Waals surface area contributed by atoms with Gasteiger partial charge in [-0.05, 0) is 24.6 Å². The number of para-hydroxylation sites is 2. The van der Waals surface area contributed by atoms with E-state index in [0.717, 1.165) is 0 Å². The standard InChI is InChI=1S/C22H23N2O/c1-16-11-12-23(17(2)13-16)14-18(25)15-24-21-9-5-3-7-19(21)20-8-4-6-10-22(20)24/h3-13,18,25H,14-15H2,1-2H3/q+1/t18-/m1/s1. The molecular weight excluding hydrogens is 308 g/mol. The van der Waals surface area contributed by atoms with Crippen molar-refractivity contribution in [3.8, 4) is 0 Å². The molecule has 126 valence electrons. The van der Waals surface area contributed by atoms with Crippen LogP contribution in [-0.2, 0) is 13.1 Å². The Kier molecular flexibility index (Phi) is 4.02. The third kappa shape index (κ3) is 2.92. The molecule has 1 atom stereocenters. The summed E-state index contributed by atoms with van der Waals surface area (Å²) in [5.41, 5.74) is 4.76. The van der Waals surface area contributed by atoms with Gasteiger partial charge in [-0.2, -0.15) is 4.57 Å². The molecule has 0 amide bonds. The van der Waals surface area contributed by atoms with Crippen LogP contribution in [0.15, 0.2) is 66.9 Å². The van der Waals surface area contributed by atoms with Gasteiger partial charge in [-0.3, -0.25) is 0 Å². The Morgan fingerprint density at radius 2 is 1.52 bits per heavy atom. The van der Waals surface area contributed by atoms with E-state index in [4.69, 9.17) is 0 Å². The lowest BCUT2D eigenvalue weighted by Crippen LogP contribution is -2.43. The molecule has 0 unspecified atom stereocenters. The van der Waals surface area contributed by atoms with Crippen LogP contribution in [0.4, 0.5) is 0 Å². The second-order valence-corrected chi connectivity index (χ2v) is 6.80. The van der Waals surface area contributed by atoms with Gasteiger partial charge in [0.25, 0.3) is 0 Å². The minimum Gasteiger partial charge on any atom is -0.385 e. The van der Waals surface area contributed by atoms with Crippen molar-refractivity contribution in [3.05, 3.63) is 78.1 Å². The summed E-state index contributed by atoms with van der Waals surface area (Å²) in [5.74, 6) is 0. The second kappa shape index (κ2) is 6.34. The molecule has 3 heteroatoms. The van der Waals surface area contributed by atoms with Gasteiger partial charge in [-0.15, -0.1) is 0 Å². The minimum atomic E-state index is -0.453. The predicted octanol–water partition coefficient (Wildman–Crippen LogP) is 3.76. The number of rotatable bonds is 4. The van der Waals surface area contributed by atoms with Gasteiger partial charge in [0.15, 0.2) is 18.4 Å². The van der Waals surface area contributed by atoms with Gasteiger partial charge in [-0.1, -0.05) is 36.4 Å².